The standard InChI is InChI=1S/C16H20O10/c17-9(6-24-15(23)8-4-2-1-3-5-8)7-25-16-12(20)10(18)11(19)13(26-16)14(21)22/h1-5,9-13,16-20H,6-7H2,(H,21,22)/t9?,10-,11-,12+,13-,16-/m0/s1. The summed E-state index contributed by atoms with van der Waals surface area (Å²) in [5.74, 6) is -2.20. The van der Waals surface area contributed by atoms with Crippen molar-refractivity contribution >= 4 is 11.9 Å². The van der Waals surface area contributed by atoms with Crippen molar-refractivity contribution in [2.45, 2.75) is 36.8 Å². The number of ether oxygens (including phenoxy) is 3. The Hall–Kier alpha value is -2.08. The van der Waals surface area contributed by atoms with E-state index in [4.69, 9.17) is 19.3 Å². The van der Waals surface area contributed by atoms with Crippen LogP contribution in [-0.2, 0) is 19.0 Å². The van der Waals surface area contributed by atoms with Gasteiger partial charge in [0.25, 0.3) is 0 Å². The second-order valence-electron chi connectivity index (χ2n) is 5.69. The fourth-order valence-corrected chi connectivity index (χ4v) is 2.27. The molecule has 144 valence electrons. The Morgan fingerprint density at radius 1 is 1.04 bits per heavy atom. The van der Waals surface area contributed by atoms with E-state index in [1.165, 1.54) is 12.1 Å². The van der Waals surface area contributed by atoms with Crippen LogP contribution in [0.2, 0.25) is 0 Å². The van der Waals surface area contributed by atoms with Gasteiger partial charge in [0.15, 0.2) is 12.4 Å². The first-order valence-corrected chi connectivity index (χ1v) is 7.75. The van der Waals surface area contributed by atoms with E-state index < -0.39 is 62.0 Å². The number of aliphatic hydroxyl groups is 4. The Balaban J connectivity index is 1.81. The molecule has 26 heavy (non-hydrogen) atoms. The SMILES string of the molecule is O=C(OCC(O)CO[C@H]1O[C@H](C(=O)O)[C@@H](O)[C@H](O)[C@H]1O)c1ccccc1. The van der Waals surface area contributed by atoms with Gasteiger partial charge >= 0.3 is 11.9 Å². The molecule has 10 nitrogen and oxygen atoms in total. The van der Waals surface area contributed by atoms with E-state index >= 15 is 0 Å². The van der Waals surface area contributed by atoms with Crippen LogP contribution in [0.3, 0.4) is 0 Å². The maximum absolute atomic E-state index is 11.7. The quantitative estimate of drug-likeness (QED) is 0.342. The van der Waals surface area contributed by atoms with Gasteiger partial charge in [-0.2, -0.15) is 0 Å². The number of carboxylic acid groups (broad SMARTS) is 1. The zero-order valence-corrected chi connectivity index (χ0v) is 13.5. The summed E-state index contributed by atoms with van der Waals surface area (Å²) in [6.07, 6.45) is -10.0. The van der Waals surface area contributed by atoms with Gasteiger partial charge in [0.2, 0.25) is 0 Å². The van der Waals surface area contributed by atoms with E-state index in [-0.39, 0.29) is 0 Å². The molecular formula is C16H20O10. The average Bonchev–Trinajstić information content (AvgIpc) is 2.64. The molecule has 1 aliphatic rings. The van der Waals surface area contributed by atoms with Crippen molar-refractivity contribution in [3.05, 3.63) is 35.9 Å². The summed E-state index contributed by atoms with van der Waals surface area (Å²) in [7, 11) is 0. The lowest BCUT2D eigenvalue weighted by Gasteiger charge is -2.38. The van der Waals surface area contributed by atoms with Crippen LogP contribution in [0.15, 0.2) is 30.3 Å². The van der Waals surface area contributed by atoms with Crippen molar-refractivity contribution in [3.8, 4) is 0 Å². The number of carbonyl (C=O) groups is 2. The Labute approximate surface area is 148 Å². The molecule has 5 N–H and O–H groups in total. The Kier molecular flexibility index (Phi) is 7.03. The molecular weight excluding hydrogens is 352 g/mol. The van der Waals surface area contributed by atoms with Gasteiger partial charge in [-0.05, 0) is 12.1 Å². The highest BCUT2D eigenvalue weighted by atomic mass is 16.7. The van der Waals surface area contributed by atoms with Gasteiger partial charge in [0.05, 0.1) is 12.2 Å². The molecule has 0 spiro atoms. The molecule has 10 heteroatoms. The third-order valence-corrected chi connectivity index (χ3v) is 3.68. The first-order chi connectivity index (χ1) is 12.3. The van der Waals surface area contributed by atoms with E-state index in [1.807, 2.05) is 0 Å². The van der Waals surface area contributed by atoms with E-state index in [0.717, 1.165) is 0 Å². The van der Waals surface area contributed by atoms with Crippen LogP contribution in [0.1, 0.15) is 10.4 Å². The lowest BCUT2D eigenvalue weighted by atomic mass is 9.99. The Morgan fingerprint density at radius 3 is 2.31 bits per heavy atom. The van der Waals surface area contributed by atoms with Crippen LogP contribution in [-0.4, -0.2) is 87.5 Å². The molecule has 6 atom stereocenters. The molecule has 1 fully saturated rings. The normalized spacial score (nSPS) is 29.8. The topological polar surface area (TPSA) is 163 Å². The van der Waals surface area contributed by atoms with E-state index in [2.05, 4.69) is 0 Å². The highest BCUT2D eigenvalue weighted by Gasteiger charge is 2.47. The van der Waals surface area contributed by atoms with Crippen molar-refractivity contribution in [1.82, 2.24) is 0 Å². The Morgan fingerprint density at radius 2 is 1.69 bits per heavy atom. The molecule has 1 aromatic rings. The van der Waals surface area contributed by atoms with Crippen molar-refractivity contribution < 1.29 is 49.3 Å². The maximum Gasteiger partial charge on any atom is 0.338 e. The summed E-state index contributed by atoms with van der Waals surface area (Å²) in [5, 5.41) is 47.7. The zero-order chi connectivity index (χ0) is 19.3. The van der Waals surface area contributed by atoms with Gasteiger partial charge in [-0.1, -0.05) is 18.2 Å². The van der Waals surface area contributed by atoms with Crippen molar-refractivity contribution in [3.63, 3.8) is 0 Å². The minimum Gasteiger partial charge on any atom is -0.479 e. The third-order valence-electron chi connectivity index (χ3n) is 3.68. The zero-order valence-electron chi connectivity index (χ0n) is 13.5. The minimum absolute atomic E-state index is 0.299. The molecule has 2 rings (SSSR count). The van der Waals surface area contributed by atoms with Gasteiger partial charge < -0.3 is 39.7 Å². The van der Waals surface area contributed by atoms with Crippen LogP contribution in [0.5, 0.6) is 0 Å². The molecule has 1 aliphatic heterocycles. The first-order valence-electron chi connectivity index (χ1n) is 7.75. The molecule has 0 aromatic heterocycles. The number of benzene rings is 1. The van der Waals surface area contributed by atoms with Gasteiger partial charge in [0, 0.05) is 0 Å². The molecule has 1 aromatic carbocycles. The number of hydrogen-bond donors (Lipinski definition) is 5. The molecule has 1 unspecified atom stereocenters. The maximum atomic E-state index is 11.7. The van der Waals surface area contributed by atoms with Crippen molar-refractivity contribution in [1.29, 1.82) is 0 Å². The molecule has 0 aliphatic carbocycles. The van der Waals surface area contributed by atoms with Gasteiger partial charge in [-0.15, -0.1) is 0 Å². The monoisotopic (exact) mass is 372 g/mol. The number of esters is 1. The second kappa shape index (κ2) is 9.03. The van der Waals surface area contributed by atoms with Crippen molar-refractivity contribution in [2.24, 2.45) is 0 Å². The first kappa shape index (κ1) is 20.2. The summed E-state index contributed by atoms with van der Waals surface area (Å²) in [6.45, 7) is -0.886. The van der Waals surface area contributed by atoms with Crippen LogP contribution in [0, 0.1) is 0 Å². The van der Waals surface area contributed by atoms with Crippen LogP contribution >= 0.6 is 0 Å². The number of rotatable bonds is 7. The van der Waals surface area contributed by atoms with Crippen LogP contribution in [0.25, 0.3) is 0 Å². The van der Waals surface area contributed by atoms with Crippen molar-refractivity contribution in [2.75, 3.05) is 13.2 Å². The largest absolute Gasteiger partial charge is 0.479 e. The number of aliphatic carboxylic acids is 1. The van der Waals surface area contributed by atoms with Crippen LogP contribution < -0.4 is 0 Å². The summed E-state index contributed by atoms with van der Waals surface area (Å²) >= 11 is 0. The molecule has 1 saturated heterocycles. The molecule has 0 saturated carbocycles. The van der Waals surface area contributed by atoms with Gasteiger partial charge in [-0.25, -0.2) is 9.59 Å². The number of hydrogen-bond acceptors (Lipinski definition) is 9. The van der Waals surface area contributed by atoms with E-state index in [9.17, 15) is 30.0 Å². The summed E-state index contributed by atoms with van der Waals surface area (Å²) in [4.78, 5) is 22.7. The fourth-order valence-electron chi connectivity index (χ4n) is 2.27. The number of carbonyl (C=O) groups excluding carboxylic acids is 1. The molecule has 0 radical (unpaired) electrons. The highest BCUT2D eigenvalue weighted by molar-refractivity contribution is 5.89. The summed E-state index contributed by atoms with van der Waals surface area (Å²) < 4.78 is 14.8. The predicted molar refractivity (Wildman–Crippen MR) is 83.0 cm³/mol. The molecule has 0 bridgehead atoms. The van der Waals surface area contributed by atoms with E-state index in [1.54, 1.807) is 18.2 Å². The fraction of sp³-hybridized carbons (Fsp3) is 0.500. The lowest BCUT2D eigenvalue weighted by Crippen LogP contribution is -2.60. The number of aliphatic hydroxyl groups excluding tert-OH is 4. The Bertz CT molecular complexity index is 606. The van der Waals surface area contributed by atoms with Gasteiger partial charge in [-0.3, -0.25) is 0 Å². The smallest absolute Gasteiger partial charge is 0.338 e. The van der Waals surface area contributed by atoms with E-state index in [0.29, 0.717) is 5.56 Å². The number of carboxylic acids is 1. The summed E-state index contributed by atoms with van der Waals surface area (Å²) in [5.41, 5.74) is 0.299. The predicted octanol–water partition coefficient (Wildman–Crippen LogP) is -1.89. The van der Waals surface area contributed by atoms with Gasteiger partial charge in [0.1, 0.15) is 31.0 Å². The molecule has 0 amide bonds. The minimum atomic E-state index is -1.83. The second-order valence-corrected chi connectivity index (χ2v) is 5.69. The average molecular weight is 372 g/mol. The molecule has 1 heterocycles. The third kappa shape index (κ3) is 4.97. The lowest BCUT2D eigenvalue weighted by molar-refractivity contribution is -0.297. The summed E-state index contributed by atoms with van der Waals surface area (Å²) in [6, 6.07) is 8.10. The van der Waals surface area contributed by atoms with Crippen LogP contribution in [0.4, 0.5) is 0 Å². The highest BCUT2D eigenvalue weighted by Crippen LogP contribution is 2.22.